The van der Waals surface area contributed by atoms with Crippen LogP contribution in [0, 0.1) is 22.7 Å². The molecule has 0 heterocycles. The molecule has 1 aliphatic rings. The SMILES string of the molecule is CCCC(C#N)(CCC)C(=O)NCC1CCC(O)CC1. The second-order valence-electron chi connectivity index (χ2n) is 6.08. The van der Waals surface area contributed by atoms with E-state index in [-0.39, 0.29) is 12.0 Å². The van der Waals surface area contributed by atoms with Crippen molar-refractivity contribution in [3.63, 3.8) is 0 Å². The van der Waals surface area contributed by atoms with E-state index < -0.39 is 5.41 Å². The predicted molar refractivity (Wildman–Crippen MR) is 78.8 cm³/mol. The summed E-state index contributed by atoms with van der Waals surface area (Å²) < 4.78 is 0. The van der Waals surface area contributed by atoms with Crippen molar-refractivity contribution in [2.75, 3.05) is 6.54 Å². The van der Waals surface area contributed by atoms with Gasteiger partial charge < -0.3 is 10.4 Å². The second kappa shape index (κ2) is 8.26. The van der Waals surface area contributed by atoms with Gasteiger partial charge in [-0.1, -0.05) is 26.7 Å². The van der Waals surface area contributed by atoms with Gasteiger partial charge in [-0.25, -0.2) is 0 Å². The van der Waals surface area contributed by atoms with Crippen LogP contribution in [-0.2, 0) is 4.79 Å². The third-order valence-electron chi connectivity index (χ3n) is 4.37. The molecule has 1 aliphatic carbocycles. The Bertz CT molecular complexity index is 335. The maximum absolute atomic E-state index is 12.4. The Morgan fingerprint density at radius 1 is 1.25 bits per heavy atom. The molecule has 1 saturated carbocycles. The van der Waals surface area contributed by atoms with Crippen LogP contribution in [0.2, 0.25) is 0 Å². The highest BCUT2D eigenvalue weighted by Gasteiger charge is 2.37. The zero-order valence-electron chi connectivity index (χ0n) is 12.8. The number of carbonyl (C=O) groups excluding carboxylic acids is 1. The fourth-order valence-electron chi connectivity index (χ4n) is 3.12. The lowest BCUT2D eigenvalue weighted by molar-refractivity contribution is -0.129. The number of nitrogens with zero attached hydrogens (tertiary/aromatic N) is 1. The van der Waals surface area contributed by atoms with E-state index in [1.54, 1.807) is 0 Å². The van der Waals surface area contributed by atoms with Crippen molar-refractivity contribution in [3.05, 3.63) is 0 Å². The molecule has 0 radical (unpaired) electrons. The van der Waals surface area contributed by atoms with Crippen molar-refractivity contribution >= 4 is 5.91 Å². The summed E-state index contributed by atoms with van der Waals surface area (Å²) in [7, 11) is 0. The molecule has 0 unspecified atom stereocenters. The lowest BCUT2D eigenvalue weighted by atomic mass is 9.79. The molecule has 0 aliphatic heterocycles. The Morgan fingerprint density at radius 2 is 1.80 bits per heavy atom. The largest absolute Gasteiger partial charge is 0.393 e. The van der Waals surface area contributed by atoms with Gasteiger partial charge in [-0.2, -0.15) is 5.26 Å². The Hall–Kier alpha value is -1.08. The van der Waals surface area contributed by atoms with E-state index in [1.165, 1.54) is 0 Å². The Kier molecular flexibility index (Phi) is 7.01. The van der Waals surface area contributed by atoms with Crippen LogP contribution in [-0.4, -0.2) is 23.7 Å². The maximum Gasteiger partial charge on any atom is 0.240 e. The molecule has 0 aromatic carbocycles. The average Bonchev–Trinajstić information content (AvgIpc) is 2.46. The summed E-state index contributed by atoms with van der Waals surface area (Å²) in [5.41, 5.74) is -0.850. The molecule has 4 heteroatoms. The minimum Gasteiger partial charge on any atom is -0.393 e. The summed E-state index contributed by atoms with van der Waals surface area (Å²) in [4.78, 5) is 12.4. The fraction of sp³-hybridized carbons (Fsp3) is 0.875. The van der Waals surface area contributed by atoms with Gasteiger partial charge in [0.2, 0.25) is 5.91 Å². The number of amides is 1. The monoisotopic (exact) mass is 280 g/mol. The Morgan fingerprint density at radius 3 is 2.25 bits per heavy atom. The Labute approximate surface area is 122 Å². The molecule has 0 atom stereocenters. The molecule has 20 heavy (non-hydrogen) atoms. The van der Waals surface area contributed by atoms with Gasteiger partial charge in [0.05, 0.1) is 12.2 Å². The van der Waals surface area contributed by atoms with Crippen LogP contribution in [0.25, 0.3) is 0 Å². The van der Waals surface area contributed by atoms with E-state index >= 15 is 0 Å². The van der Waals surface area contributed by atoms with Crippen LogP contribution in [0.5, 0.6) is 0 Å². The van der Waals surface area contributed by atoms with Crippen molar-refractivity contribution < 1.29 is 9.90 Å². The maximum atomic E-state index is 12.4. The van der Waals surface area contributed by atoms with Crippen molar-refractivity contribution in [1.29, 1.82) is 5.26 Å². The minimum absolute atomic E-state index is 0.102. The van der Waals surface area contributed by atoms with Gasteiger partial charge in [0.25, 0.3) is 0 Å². The van der Waals surface area contributed by atoms with Crippen molar-refractivity contribution in [3.8, 4) is 6.07 Å². The Balaban J connectivity index is 2.52. The van der Waals surface area contributed by atoms with Crippen LogP contribution in [0.1, 0.15) is 65.2 Å². The van der Waals surface area contributed by atoms with Crippen molar-refractivity contribution in [2.24, 2.45) is 11.3 Å². The number of aliphatic hydroxyl groups excluding tert-OH is 1. The normalized spacial score (nSPS) is 23.1. The molecule has 4 nitrogen and oxygen atoms in total. The van der Waals surface area contributed by atoms with Crippen LogP contribution < -0.4 is 5.32 Å². The number of rotatable bonds is 7. The zero-order chi connectivity index (χ0) is 15.0. The van der Waals surface area contributed by atoms with E-state index in [0.29, 0.717) is 25.3 Å². The first kappa shape index (κ1) is 17.0. The summed E-state index contributed by atoms with van der Waals surface area (Å²) in [5, 5.41) is 21.9. The summed E-state index contributed by atoms with van der Waals surface area (Å²) in [6.07, 6.45) is 6.36. The minimum atomic E-state index is -0.850. The van der Waals surface area contributed by atoms with Gasteiger partial charge in [0, 0.05) is 6.54 Å². The molecule has 0 aromatic heterocycles. The topological polar surface area (TPSA) is 73.1 Å². The van der Waals surface area contributed by atoms with Crippen LogP contribution in [0.4, 0.5) is 0 Å². The quantitative estimate of drug-likeness (QED) is 0.753. The first-order valence-corrected chi connectivity index (χ1v) is 7.95. The van der Waals surface area contributed by atoms with Gasteiger partial charge in [-0.3, -0.25) is 4.79 Å². The van der Waals surface area contributed by atoms with E-state index in [0.717, 1.165) is 38.5 Å². The summed E-state index contributed by atoms with van der Waals surface area (Å²) in [6.45, 7) is 4.66. The molecular formula is C16H28N2O2. The highest BCUT2D eigenvalue weighted by molar-refractivity contribution is 5.85. The number of hydrogen-bond donors (Lipinski definition) is 2. The smallest absolute Gasteiger partial charge is 0.240 e. The highest BCUT2D eigenvalue weighted by Crippen LogP contribution is 2.30. The molecular weight excluding hydrogens is 252 g/mol. The summed E-state index contributed by atoms with van der Waals surface area (Å²) in [6, 6.07) is 2.26. The van der Waals surface area contributed by atoms with Crippen LogP contribution in [0.3, 0.4) is 0 Å². The molecule has 114 valence electrons. The lowest BCUT2D eigenvalue weighted by Gasteiger charge is -2.28. The molecule has 0 aromatic rings. The highest BCUT2D eigenvalue weighted by atomic mass is 16.3. The molecule has 0 bridgehead atoms. The zero-order valence-corrected chi connectivity index (χ0v) is 12.8. The van der Waals surface area contributed by atoms with Gasteiger partial charge in [0.15, 0.2) is 0 Å². The number of aliphatic hydroxyl groups is 1. The molecule has 0 saturated heterocycles. The van der Waals surface area contributed by atoms with Crippen molar-refractivity contribution in [2.45, 2.75) is 71.3 Å². The lowest BCUT2D eigenvalue weighted by Crippen LogP contribution is -2.42. The van der Waals surface area contributed by atoms with Crippen LogP contribution in [0.15, 0.2) is 0 Å². The first-order chi connectivity index (χ1) is 9.57. The summed E-state index contributed by atoms with van der Waals surface area (Å²) >= 11 is 0. The van der Waals surface area contributed by atoms with Gasteiger partial charge >= 0.3 is 0 Å². The number of carbonyl (C=O) groups is 1. The molecule has 1 rings (SSSR count). The van der Waals surface area contributed by atoms with Crippen LogP contribution >= 0.6 is 0 Å². The summed E-state index contributed by atoms with van der Waals surface area (Å²) in [5.74, 6) is 0.344. The first-order valence-electron chi connectivity index (χ1n) is 7.95. The average molecular weight is 280 g/mol. The molecule has 1 amide bonds. The second-order valence-corrected chi connectivity index (χ2v) is 6.08. The third kappa shape index (κ3) is 4.49. The van der Waals surface area contributed by atoms with Gasteiger partial charge in [-0.15, -0.1) is 0 Å². The third-order valence-corrected chi connectivity index (χ3v) is 4.37. The number of nitriles is 1. The number of hydrogen-bond acceptors (Lipinski definition) is 3. The van der Waals surface area contributed by atoms with E-state index in [2.05, 4.69) is 11.4 Å². The van der Waals surface area contributed by atoms with Gasteiger partial charge in [-0.05, 0) is 44.4 Å². The van der Waals surface area contributed by atoms with Crippen molar-refractivity contribution in [1.82, 2.24) is 5.32 Å². The van der Waals surface area contributed by atoms with E-state index in [1.807, 2.05) is 13.8 Å². The molecule has 0 spiro atoms. The van der Waals surface area contributed by atoms with E-state index in [4.69, 9.17) is 0 Å². The predicted octanol–water partition coefficient (Wildman–Crippen LogP) is 2.76. The fourth-order valence-corrected chi connectivity index (χ4v) is 3.12. The standard InChI is InChI=1S/C16H28N2O2/c1-3-9-16(12-17,10-4-2)15(20)18-11-13-5-7-14(19)8-6-13/h13-14,19H,3-11H2,1-2H3,(H,18,20). The van der Waals surface area contributed by atoms with Gasteiger partial charge in [0.1, 0.15) is 5.41 Å². The van der Waals surface area contributed by atoms with E-state index in [9.17, 15) is 15.2 Å². The number of nitrogens with one attached hydrogen (secondary N) is 1. The molecule has 1 fully saturated rings. The molecule has 2 N–H and O–H groups in total.